The summed E-state index contributed by atoms with van der Waals surface area (Å²) in [5, 5.41) is 8.52. The highest BCUT2D eigenvalue weighted by atomic mass is 32.2. The van der Waals surface area contributed by atoms with E-state index >= 15 is 0 Å². The van der Waals surface area contributed by atoms with Crippen LogP contribution in [0.1, 0.15) is 49.6 Å². The summed E-state index contributed by atoms with van der Waals surface area (Å²) in [5.74, 6) is -0.507. The maximum absolute atomic E-state index is 13.3. The van der Waals surface area contributed by atoms with E-state index in [2.05, 4.69) is 28.9 Å². The van der Waals surface area contributed by atoms with E-state index in [1.54, 1.807) is 53.1 Å². The van der Waals surface area contributed by atoms with Crippen LogP contribution in [0, 0.1) is 5.82 Å². The SMILES string of the molecule is C=Cc1c(/C(=C\C)C(=O)NC(CCC)c2ccnc(SC)c2)cnn1-c1ccc(F)cc1. The molecule has 0 aliphatic rings. The van der Waals surface area contributed by atoms with Gasteiger partial charge >= 0.3 is 0 Å². The summed E-state index contributed by atoms with van der Waals surface area (Å²) in [5.41, 5.74) is 3.56. The van der Waals surface area contributed by atoms with Crippen LogP contribution in [-0.2, 0) is 4.79 Å². The molecular weight excluding hydrogens is 423 g/mol. The van der Waals surface area contributed by atoms with Crippen molar-refractivity contribution in [3.8, 4) is 5.69 Å². The molecule has 1 aromatic carbocycles. The van der Waals surface area contributed by atoms with Crippen molar-refractivity contribution in [2.24, 2.45) is 0 Å². The highest BCUT2D eigenvalue weighted by Crippen LogP contribution is 2.26. The van der Waals surface area contributed by atoms with Crippen LogP contribution >= 0.6 is 11.8 Å². The van der Waals surface area contributed by atoms with Gasteiger partial charge in [0.1, 0.15) is 5.82 Å². The number of nitrogens with one attached hydrogen (secondary N) is 1. The number of carbonyl (C=O) groups excluding carboxylic acids is 1. The van der Waals surface area contributed by atoms with Gasteiger partial charge in [0.15, 0.2) is 0 Å². The largest absolute Gasteiger partial charge is 0.345 e. The van der Waals surface area contributed by atoms with E-state index in [4.69, 9.17) is 0 Å². The molecule has 2 heterocycles. The Balaban J connectivity index is 1.91. The van der Waals surface area contributed by atoms with Crippen LogP contribution in [0.4, 0.5) is 4.39 Å². The van der Waals surface area contributed by atoms with E-state index in [1.165, 1.54) is 12.1 Å². The van der Waals surface area contributed by atoms with E-state index in [1.807, 2.05) is 25.3 Å². The first-order valence-electron chi connectivity index (χ1n) is 10.5. The molecule has 32 heavy (non-hydrogen) atoms. The molecule has 0 saturated carbocycles. The first-order chi connectivity index (χ1) is 15.5. The van der Waals surface area contributed by atoms with Crippen molar-refractivity contribution < 1.29 is 9.18 Å². The predicted molar refractivity (Wildman–Crippen MR) is 129 cm³/mol. The van der Waals surface area contributed by atoms with Gasteiger partial charge in [0.2, 0.25) is 0 Å². The molecule has 5 nitrogen and oxygen atoms in total. The molecule has 2 aromatic heterocycles. The molecule has 0 aliphatic heterocycles. The maximum atomic E-state index is 13.3. The standard InChI is InChI=1S/C25H27FN4OS/c1-5-8-22(17-13-14-27-24(15-17)32-4)29-25(31)20(6-2)21-16-28-30(23(21)7-3)19-11-9-18(26)10-12-19/h6-7,9-16,22H,3,5,8H2,1-2,4H3,(H,29,31)/b20-6+. The van der Waals surface area contributed by atoms with E-state index in [0.717, 1.165) is 23.4 Å². The van der Waals surface area contributed by atoms with Crippen LogP contribution in [0.3, 0.4) is 0 Å². The summed E-state index contributed by atoms with van der Waals surface area (Å²) in [6, 6.07) is 9.85. The number of thioether (sulfide) groups is 1. The highest BCUT2D eigenvalue weighted by molar-refractivity contribution is 7.98. The number of allylic oxidation sites excluding steroid dienone is 1. The minimum Gasteiger partial charge on any atom is -0.345 e. The Morgan fingerprint density at radius 3 is 2.69 bits per heavy atom. The normalized spacial score (nSPS) is 12.4. The van der Waals surface area contributed by atoms with Gasteiger partial charge in [0.05, 0.1) is 28.6 Å². The molecule has 0 spiro atoms. The van der Waals surface area contributed by atoms with Crippen LogP contribution in [0.15, 0.2) is 66.5 Å². The number of pyridine rings is 1. The Bertz CT molecular complexity index is 1120. The molecule has 0 radical (unpaired) electrons. The summed E-state index contributed by atoms with van der Waals surface area (Å²) in [4.78, 5) is 17.7. The second-order valence-corrected chi connectivity index (χ2v) is 8.01. The average molecular weight is 451 g/mol. The predicted octanol–water partition coefficient (Wildman–Crippen LogP) is 5.83. The van der Waals surface area contributed by atoms with Crippen molar-refractivity contribution in [2.45, 2.75) is 37.8 Å². The first-order valence-corrected chi connectivity index (χ1v) is 11.7. The number of hydrogen-bond donors (Lipinski definition) is 1. The smallest absolute Gasteiger partial charge is 0.252 e. The minimum absolute atomic E-state index is 0.129. The van der Waals surface area contributed by atoms with Gasteiger partial charge in [0, 0.05) is 17.3 Å². The fourth-order valence-corrected chi connectivity index (χ4v) is 3.98. The molecule has 7 heteroatoms. The van der Waals surface area contributed by atoms with Gasteiger partial charge in [-0.05, 0) is 67.6 Å². The molecule has 0 bridgehead atoms. The van der Waals surface area contributed by atoms with Crippen LogP contribution in [0.5, 0.6) is 0 Å². The second kappa shape index (κ2) is 10.9. The third-order valence-electron chi connectivity index (χ3n) is 5.15. The quantitative estimate of drug-likeness (QED) is 0.329. The Kier molecular flexibility index (Phi) is 8.00. The van der Waals surface area contributed by atoms with Crippen molar-refractivity contribution in [2.75, 3.05) is 6.26 Å². The molecule has 0 aliphatic carbocycles. The van der Waals surface area contributed by atoms with Crippen molar-refractivity contribution in [1.82, 2.24) is 20.1 Å². The summed E-state index contributed by atoms with van der Waals surface area (Å²) >= 11 is 1.57. The van der Waals surface area contributed by atoms with Gasteiger partial charge in [-0.15, -0.1) is 11.8 Å². The van der Waals surface area contributed by atoms with E-state index < -0.39 is 0 Å². The second-order valence-electron chi connectivity index (χ2n) is 7.18. The molecule has 3 rings (SSSR count). The average Bonchev–Trinajstić information content (AvgIpc) is 3.23. The Labute approximate surface area is 192 Å². The number of nitrogens with zero attached hydrogens (tertiary/aromatic N) is 3. The highest BCUT2D eigenvalue weighted by Gasteiger charge is 2.22. The lowest BCUT2D eigenvalue weighted by Gasteiger charge is -2.20. The van der Waals surface area contributed by atoms with Crippen LogP contribution in [-0.4, -0.2) is 26.9 Å². The maximum Gasteiger partial charge on any atom is 0.252 e. The van der Waals surface area contributed by atoms with Gasteiger partial charge in [-0.25, -0.2) is 14.1 Å². The number of rotatable bonds is 9. The first kappa shape index (κ1) is 23.5. The monoisotopic (exact) mass is 450 g/mol. The summed E-state index contributed by atoms with van der Waals surface area (Å²) in [6.45, 7) is 7.81. The van der Waals surface area contributed by atoms with Crippen molar-refractivity contribution in [3.05, 3.63) is 84.1 Å². The lowest BCUT2D eigenvalue weighted by Crippen LogP contribution is -2.29. The van der Waals surface area contributed by atoms with Gasteiger partial charge < -0.3 is 5.32 Å². The fourth-order valence-electron chi connectivity index (χ4n) is 3.56. The molecular formula is C25H27FN4OS. The Morgan fingerprint density at radius 2 is 2.06 bits per heavy atom. The zero-order valence-electron chi connectivity index (χ0n) is 18.5. The third-order valence-corrected chi connectivity index (χ3v) is 5.79. The van der Waals surface area contributed by atoms with Gasteiger partial charge in [-0.2, -0.15) is 5.10 Å². The number of halogens is 1. The fraction of sp³-hybridized carbons (Fsp3) is 0.240. The van der Waals surface area contributed by atoms with Crippen LogP contribution < -0.4 is 5.32 Å². The van der Waals surface area contributed by atoms with Crippen molar-refractivity contribution >= 4 is 29.3 Å². The van der Waals surface area contributed by atoms with Gasteiger partial charge in [-0.3, -0.25) is 4.79 Å². The van der Waals surface area contributed by atoms with Crippen LogP contribution in [0.25, 0.3) is 17.3 Å². The summed E-state index contributed by atoms with van der Waals surface area (Å²) in [7, 11) is 0. The van der Waals surface area contributed by atoms with Gasteiger partial charge in [0.25, 0.3) is 5.91 Å². The molecule has 166 valence electrons. The molecule has 3 aromatic rings. The molecule has 1 unspecified atom stereocenters. The minimum atomic E-state index is -0.322. The van der Waals surface area contributed by atoms with E-state index in [9.17, 15) is 9.18 Å². The number of hydrogen-bond acceptors (Lipinski definition) is 4. The lowest BCUT2D eigenvalue weighted by atomic mass is 10.0. The lowest BCUT2D eigenvalue weighted by molar-refractivity contribution is -0.116. The number of benzene rings is 1. The Morgan fingerprint density at radius 1 is 1.31 bits per heavy atom. The molecule has 0 saturated heterocycles. The number of amides is 1. The van der Waals surface area contributed by atoms with Crippen LogP contribution in [0.2, 0.25) is 0 Å². The number of aromatic nitrogens is 3. The van der Waals surface area contributed by atoms with E-state index in [0.29, 0.717) is 22.5 Å². The van der Waals surface area contributed by atoms with E-state index in [-0.39, 0.29) is 17.8 Å². The van der Waals surface area contributed by atoms with Crippen molar-refractivity contribution in [1.29, 1.82) is 0 Å². The molecule has 0 fully saturated rings. The summed E-state index contributed by atoms with van der Waals surface area (Å²) < 4.78 is 15.0. The Hall–Kier alpha value is -3.19. The third kappa shape index (κ3) is 5.16. The van der Waals surface area contributed by atoms with Gasteiger partial charge in [-0.1, -0.05) is 26.0 Å². The van der Waals surface area contributed by atoms with Crippen molar-refractivity contribution in [3.63, 3.8) is 0 Å². The zero-order chi connectivity index (χ0) is 23.1. The molecule has 1 N–H and O–H groups in total. The number of carbonyl (C=O) groups is 1. The zero-order valence-corrected chi connectivity index (χ0v) is 19.3. The summed E-state index contributed by atoms with van der Waals surface area (Å²) in [6.07, 6.45) is 10.6. The topological polar surface area (TPSA) is 59.8 Å². The molecule has 1 atom stereocenters. The molecule has 1 amide bonds.